The maximum Gasteiger partial charge on any atom is 0.267 e. The van der Waals surface area contributed by atoms with Gasteiger partial charge in [-0.05, 0) is 59.3 Å². The van der Waals surface area contributed by atoms with E-state index in [-0.39, 0.29) is 11.5 Å². The average molecular weight is 412 g/mol. The molecule has 0 saturated heterocycles. The molecule has 0 fully saturated rings. The van der Waals surface area contributed by atoms with Crippen LogP contribution in [0, 0.1) is 10.5 Å². The third kappa shape index (κ3) is 2.40. The zero-order chi connectivity index (χ0) is 15.1. The van der Waals surface area contributed by atoms with Gasteiger partial charge in [0.25, 0.3) is 5.56 Å². The number of nitrogens with zero attached hydrogens (tertiary/aromatic N) is 2. The van der Waals surface area contributed by atoms with Gasteiger partial charge < -0.3 is 5.73 Å². The Bertz CT molecular complexity index is 900. The van der Waals surface area contributed by atoms with Gasteiger partial charge >= 0.3 is 0 Å². The molecule has 2 aromatic carbocycles. The first-order valence-corrected chi connectivity index (χ1v) is 7.68. The highest BCUT2D eigenvalue weighted by Gasteiger charge is 2.15. The van der Waals surface area contributed by atoms with Crippen molar-refractivity contribution in [2.45, 2.75) is 6.92 Å². The number of hydrogen-bond acceptors (Lipinski definition) is 3. The SMILES string of the molecule is Cc1cccc(Cl)c1-n1c(N)nc2ccc(I)cc2c1=O. The minimum Gasteiger partial charge on any atom is -0.369 e. The number of fused-ring (bicyclic) bond motifs is 1. The summed E-state index contributed by atoms with van der Waals surface area (Å²) in [7, 11) is 0. The third-order valence-corrected chi connectivity index (χ3v) is 4.24. The first kappa shape index (κ1) is 14.3. The molecule has 0 unspecified atom stereocenters. The Hall–Kier alpha value is -1.60. The van der Waals surface area contributed by atoms with Gasteiger partial charge in [-0.2, -0.15) is 0 Å². The highest BCUT2D eigenvalue weighted by Crippen LogP contribution is 2.25. The maximum absolute atomic E-state index is 12.8. The molecule has 21 heavy (non-hydrogen) atoms. The number of aromatic nitrogens is 2. The molecule has 2 N–H and O–H groups in total. The predicted octanol–water partition coefficient (Wildman–Crippen LogP) is 3.53. The van der Waals surface area contributed by atoms with Crippen LogP contribution in [0.25, 0.3) is 16.6 Å². The summed E-state index contributed by atoms with van der Waals surface area (Å²) >= 11 is 8.41. The Morgan fingerprint density at radius 3 is 2.76 bits per heavy atom. The molecule has 0 saturated carbocycles. The van der Waals surface area contributed by atoms with Crippen molar-refractivity contribution < 1.29 is 0 Å². The Kier molecular flexibility index (Phi) is 3.62. The Morgan fingerprint density at radius 2 is 2.05 bits per heavy atom. The largest absolute Gasteiger partial charge is 0.369 e. The normalized spacial score (nSPS) is 11.0. The van der Waals surface area contributed by atoms with Crippen LogP contribution in [0.3, 0.4) is 0 Å². The molecular weight excluding hydrogens is 401 g/mol. The molecule has 0 aliphatic rings. The fourth-order valence-corrected chi connectivity index (χ4v) is 3.09. The lowest BCUT2D eigenvalue weighted by Crippen LogP contribution is -2.24. The number of nitrogens with two attached hydrogens (primary N) is 1. The van der Waals surface area contributed by atoms with E-state index in [0.29, 0.717) is 21.6 Å². The van der Waals surface area contributed by atoms with Crippen molar-refractivity contribution >= 4 is 51.0 Å². The number of hydrogen-bond donors (Lipinski definition) is 1. The summed E-state index contributed by atoms with van der Waals surface area (Å²) in [6.45, 7) is 1.88. The molecule has 6 heteroatoms. The zero-order valence-electron chi connectivity index (χ0n) is 11.1. The van der Waals surface area contributed by atoms with Gasteiger partial charge in [0.1, 0.15) is 0 Å². The van der Waals surface area contributed by atoms with Gasteiger partial charge in [-0.15, -0.1) is 0 Å². The molecule has 3 aromatic rings. The number of halogens is 2. The van der Waals surface area contributed by atoms with Crippen LogP contribution in [0.5, 0.6) is 0 Å². The van der Waals surface area contributed by atoms with E-state index in [1.807, 2.05) is 25.1 Å². The van der Waals surface area contributed by atoms with E-state index in [1.54, 1.807) is 18.2 Å². The number of nitrogen functional groups attached to an aromatic ring is 1. The number of anilines is 1. The second-order valence-electron chi connectivity index (χ2n) is 4.68. The first-order chi connectivity index (χ1) is 9.99. The molecule has 0 atom stereocenters. The Morgan fingerprint density at radius 1 is 1.29 bits per heavy atom. The molecule has 0 radical (unpaired) electrons. The van der Waals surface area contributed by atoms with Gasteiger partial charge in [-0.25, -0.2) is 9.55 Å². The van der Waals surface area contributed by atoms with Crippen LogP contribution in [0.4, 0.5) is 5.95 Å². The summed E-state index contributed by atoms with van der Waals surface area (Å²) in [6, 6.07) is 10.9. The summed E-state index contributed by atoms with van der Waals surface area (Å²) < 4.78 is 2.34. The molecule has 1 heterocycles. The van der Waals surface area contributed by atoms with Crippen molar-refractivity contribution in [3.8, 4) is 5.69 Å². The summed E-state index contributed by atoms with van der Waals surface area (Å²) in [5.41, 5.74) is 7.80. The highest BCUT2D eigenvalue weighted by molar-refractivity contribution is 14.1. The van der Waals surface area contributed by atoms with Gasteiger partial charge in [0.15, 0.2) is 0 Å². The quantitative estimate of drug-likeness (QED) is 0.623. The average Bonchev–Trinajstić information content (AvgIpc) is 2.43. The van der Waals surface area contributed by atoms with E-state index in [1.165, 1.54) is 4.57 Å². The van der Waals surface area contributed by atoms with E-state index in [9.17, 15) is 4.79 Å². The molecule has 1 aromatic heterocycles. The van der Waals surface area contributed by atoms with E-state index >= 15 is 0 Å². The third-order valence-electron chi connectivity index (χ3n) is 3.27. The Balaban J connectivity index is 2.46. The fraction of sp³-hybridized carbons (Fsp3) is 0.0667. The van der Waals surface area contributed by atoms with Crippen LogP contribution in [0.2, 0.25) is 5.02 Å². The van der Waals surface area contributed by atoms with Gasteiger partial charge in [-0.3, -0.25) is 4.79 Å². The lowest BCUT2D eigenvalue weighted by atomic mass is 10.2. The van der Waals surface area contributed by atoms with Crippen molar-refractivity contribution in [2.75, 3.05) is 5.73 Å². The molecular formula is C15H11ClIN3O. The molecule has 106 valence electrons. The summed E-state index contributed by atoms with van der Waals surface area (Å²) in [5, 5.41) is 0.992. The van der Waals surface area contributed by atoms with Crippen molar-refractivity contribution in [3.05, 3.63) is 60.9 Å². The summed E-state index contributed by atoms with van der Waals surface area (Å²) in [6.07, 6.45) is 0. The molecule has 0 aliphatic carbocycles. The monoisotopic (exact) mass is 411 g/mol. The molecule has 0 bridgehead atoms. The lowest BCUT2D eigenvalue weighted by molar-refractivity contribution is 0.971. The first-order valence-electron chi connectivity index (χ1n) is 6.22. The van der Waals surface area contributed by atoms with Crippen molar-refractivity contribution in [1.82, 2.24) is 9.55 Å². The number of aryl methyl sites for hydroxylation is 1. The Labute approximate surface area is 139 Å². The lowest BCUT2D eigenvalue weighted by Gasteiger charge is -2.14. The van der Waals surface area contributed by atoms with Gasteiger partial charge in [0.05, 0.1) is 21.6 Å². The number of benzene rings is 2. The maximum atomic E-state index is 12.8. The van der Waals surface area contributed by atoms with Crippen LogP contribution in [-0.4, -0.2) is 9.55 Å². The highest BCUT2D eigenvalue weighted by atomic mass is 127. The molecule has 0 aliphatic heterocycles. The smallest absolute Gasteiger partial charge is 0.267 e. The van der Waals surface area contributed by atoms with Crippen LogP contribution >= 0.6 is 34.2 Å². The van der Waals surface area contributed by atoms with E-state index in [0.717, 1.165) is 9.13 Å². The van der Waals surface area contributed by atoms with E-state index in [4.69, 9.17) is 17.3 Å². The summed E-state index contributed by atoms with van der Waals surface area (Å²) in [4.78, 5) is 17.1. The summed E-state index contributed by atoms with van der Waals surface area (Å²) in [5.74, 6) is 0.130. The van der Waals surface area contributed by atoms with E-state index in [2.05, 4.69) is 27.6 Å². The van der Waals surface area contributed by atoms with Gasteiger partial charge in [0, 0.05) is 3.57 Å². The van der Waals surface area contributed by atoms with Gasteiger partial charge in [-0.1, -0.05) is 23.7 Å². The predicted molar refractivity (Wildman–Crippen MR) is 94.2 cm³/mol. The van der Waals surface area contributed by atoms with Crippen LogP contribution < -0.4 is 11.3 Å². The van der Waals surface area contributed by atoms with Gasteiger partial charge in [0.2, 0.25) is 5.95 Å². The topological polar surface area (TPSA) is 60.9 Å². The zero-order valence-corrected chi connectivity index (χ0v) is 14.0. The standard InChI is InChI=1S/C15H11ClIN3O/c1-8-3-2-4-11(16)13(8)20-14(21)10-7-9(17)5-6-12(10)19-15(20)18/h2-7H,1H3,(H2,18,19). The number of para-hydroxylation sites is 1. The van der Waals surface area contributed by atoms with Crippen molar-refractivity contribution in [1.29, 1.82) is 0 Å². The molecule has 0 spiro atoms. The minimum absolute atomic E-state index is 0.130. The number of rotatable bonds is 1. The van der Waals surface area contributed by atoms with E-state index < -0.39 is 0 Å². The molecule has 4 nitrogen and oxygen atoms in total. The van der Waals surface area contributed by atoms with Crippen LogP contribution in [0.15, 0.2) is 41.2 Å². The van der Waals surface area contributed by atoms with Crippen LogP contribution in [-0.2, 0) is 0 Å². The second-order valence-corrected chi connectivity index (χ2v) is 6.33. The van der Waals surface area contributed by atoms with Crippen LogP contribution in [0.1, 0.15) is 5.56 Å². The second kappa shape index (κ2) is 5.31. The molecule has 0 amide bonds. The van der Waals surface area contributed by atoms with Crippen molar-refractivity contribution in [2.24, 2.45) is 0 Å². The fourth-order valence-electron chi connectivity index (χ4n) is 2.30. The van der Waals surface area contributed by atoms with Crippen molar-refractivity contribution in [3.63, 3.8) is 0 Å². The molecule has 3 rings (SSSR count). The minimum atomic E-state index is -0.216.